The highest BCUT2D eigenvalue weighted by Gasteiger charge is 2.35. The number of phenols is 1. The van der Waals surface area contributed by atoms with Crippen LogP contribution in [0.15, 0.2) is 21.5 Å². The molecule has 3 amide bonds. The number of nitrogens with zero attached hydrogens (tertiary/aromatic N) is 1. The minimum Gasteiger partial charge on any atom is -0.503 e. The normalized spacial score (nSPS) is 16.5. The van der Waals surface area contributed by atoms with Crippen molar-refractivity contribution >= 4 is 50.8 Å². The Kier molecular flexibility index (Phi) is 4.77. The molecule has 3 N–H and O–H groups in total. The second-order valence-electron chi connectivity index (χ2n) is 4.29. The van der Waals surface area contributed by atoms with Crippen molar-refractivity contribution in [1.82, 2.24) is 4.90 Å². The fourth-order valence-electron chi connectivity index (χ4n) is 1.78. The molecule has 0 aliphatic carbocycles. The zero-order valence-corrected chi connectivity index (χ0v) is 13.7. The van der Waals surface area contributed by atoms with Gasteiger partial charge in [0.2, 0.25) is 5.91 Å². The molecule has 22 heavy (non-hydrogen) atoms. The van der Waals surface area contributed by atoms with E-state index in [9.17, 15) is 19.5 Å². The Bertz CT molecular complexity index is 704. The number of ether oxygens (including phenoxy) is 1. The monoisotopic (exact) mass is 386 g/mol. The molecule has 1 saturated heterocycles. The first kappa shape index (κ1) is 16.4. The molecule has 0 atom stereocenters. The predicted molar refractivity (Wildman–Crippen MR) is 84.2 cm³/mol. The van der Waals surface area contributed by atoms with E-state index in [2.05, 4.69) is 15.9 Å². The quantitative estimate of drug-likeness (QED) is 0.761. The van der Waals surface area contributed by atoms with Crippen molar-refractivity contribution in [3.05, 3.63) is 27.1 Å². The average molecular weight is 387 g/mol. The van der Waals surface area contributed by atoms with Gasteiger partial charge < -0.3 is 15.6 Å². The highest BCUT2D eigenvalue weighted by Crippen LogP contribution is 2.37. The molecule has 116 valence electrons. The average Bonchev–Trinajstić information content (AvgIpc) is 2.70. The number of rotatable bonds is 4. The number of aromatic hydroxyl groups is 1. The highest BCUT2D eigenvalue weighted by molar-refractivity contribution is 9.10. The number of thioether (sulfide) groups is 1. The van der Waals surface area contributed by atoms with Gasteiger partial charge in [-0.15, -0.1) is 0 Å². The number of carbonyl (C=O) groups is 3. The maximum Gasteiger partial charge on any atom is 0.294 e. The first-order valence-corrected chi connectivity index (χ1v) is 7.54. The molecule has 1 aromatic carbocycles. The number of carbonyl (C=O) groups excluding carboxylic acids is 3. The summed E-state index contributed by atoms with van der Waals surface area (Å²) in [4.78, 5) is 35.6. The number of imide groups is 1. The van der Waals surface area contributed by atoms with Crippen molar-refractivity contribution in [2.75, 3.05) is 13.7 Å². The summed E-state index contributed by atoms with van der Waals surface area (Å²) in [5, 5.41) is 9.18. The third kappa shape index (κ3) is 3.25. The zero-order chi connectivity index (χ0) is 16.4. The van der Waals surface area contributed by atoms with Crippen LogP contribution in [0.3, 0.4) is 0 Å². The summed E-state index contributed by atoms with van der Waals surface area (Å²) < 4.78 is 5.40. The smallest absolute Gasteiger partial charge is 0.294 e. The molecule has 1 fully saturated rings. The molecule has 9 heteroatoms. The van der Waals surface area contributed by atoms with Gasteiger partial charge in [-0.1, -0.05) is 0 Å². The van der Waals surface area contributed by atoms with Gasteiger partial charge in [-0.05, 0) is 51.5 Å². The van der Waals surface area contributed by atoms with Gasteiger partial charge in [-0.25, -0.2) is 0 Å². The van der Waals surface area contributed by atoms with E-state index in [1.807, 2.05) is 0 Å². The van der Waals surface area contributed by atoms with Crippen LogP contribution in [0.4, 0.5) is 4.79 Å². The van der Waals surface area contributed by atoms with Crippen molar-refractivity contribution in [2.24, 2.45) is 5.73 Å². The summed E-state index contributed by atoms with van der Waals surface area (Å²) in [6.45, 7) is -0.454. The SMILES string of the molecule is COc1cc(/C=C2\SC(=O)N(CC(N)=O)C2=O)cc(Br)c1O. The third-order valence-electron chi connectivity index (χ3n) is 2.76. The Morgan fingerprint density at radius 3 is 2.77 bits per heavy atom. The number of hydrogen-bond donors (Lipinski definition) is 2. The molecule has 1 aliphatic heterocycles. The van der Waals surface area contributed by atoms with Crippen LogP contribution in [-0.2, 0) is 9.59 Å². The number of halogens is 1. The third-order valence-corrected chi connectivity index (χ3v) is 4.27. The summed E-state index contributed by atoms with van der Waals surface area (Å²) in [5.41, 5.74) is 5.55. The topological polar surface area (TPSA) is 110 Å². The number of primary amides is 1. The van der Waals surface area contributed by atoms with Gasteiger partial charge in [0.05, 0.1) is 16.5 Å². The first-order valence-electron chi connectivity index (χ1n) is 5.93. The van der Waals surface area contributed by atoms with Crippen LogP contribution in [0, 0.1) is 0 Å². The molecular formula is C13H11BrN2O5S. The summed E-state index contributed by atoms with van der Waals surface area (Å²) in [5.74, 6) is -1.20. The van der Waals surface area contributed by atoms with E-state index in [4.69, 9.17) is 10.5 Å². The van der Waals surface area contributed by atoms with Crippen LogP contribution in [-0.4, -0.2) is 40.7 Å². The van der Waals surface area contributed by atoms with Crippen molar-refractivity contribution in [2.45, 2.75) is 0 Å². The second kappa shape index (κ2) is 6.41. The summed E-state index contributed by atoms with van der Waals surface area (Å²) in [6, 6.07) is 3.09. The molecular weight excluding hydrogens is 376 g/mol. The lowest BCUT2D eigenvalue weighted by Crippen LogP contribution is -2.36. The van der Waals surface area contributed by atoms with E-state index < -0.39 is 23.6 Å². The van der Waals surface area contributed by atoms with Gasteiger partial charge in [0.25, 0.3) is 11.1 Å². The van der Waals surface area contributed by atoms with Crippen LogP contribution in [0.5, 0.6) is 11.5 Å². The molecule has 0 saturated carbocycles. The molecule has 7 nitrogen and oxygen atoms in total. The Labute approximate surface area is 138 Å². The maximum atomic E-state index is 12.1. The van der Waals surface area contributed by atoms with Gasteiger partial charge >= 0.3 is 0 Å². The van der Waals surface area contributed by atoms with E-state index in [0.29, 0.717) is 21.8 Å². The maximum absolute atomic E-state index is 12.1. The molecule has 0 aromatic heterocycles. The lowest BCUT2D eigenvalue weighted by atomic mass is 10.2. The van der Waals surface area contributed by atoms with Crippen molar-refractivity contribution < 1.29 is 24.2 Å². The number of nitrogens with two attached hydrogens (primary N) is 1. The zero-order valence-electron chi connectivity index (χ0n) is 11.3. The molecule has 1 aromatic rings. The Morgan fingerprint density at radius 1 is 1.50 bits per heavy atom. The van der Waals surface area contributed by atoms with Crippen LogP contribution in [0.2, 0.25) is 0 Å². The van der Waals surface area contributed by atoms with Gasteiger partial charge in [0.1, 0.15) is 6.54 Å². The summed E-state index contributed by atoms with van der Waals surface area (Å²) in [6.07, 6.45) is 1.47. The number of benzene rings is 1. The number of phenolic OH excluding ortho intramolecular Hbond substituents is 1. The molecule has 1 aliphatic rings. The fourth-order valence-corrected chi connectivity index (χ4v) is 3.07. The molecule has 0 bridgehead atoms. The summed E-state index contributed by atoms with van der Waals surface area (Å²) >= 11 is 3.88. The van der Waals surface area contributed by atoms with Crippen LogP contribution in [0.25, 0.3) is 6.08 Å². The Hall–Kier alpha value is -2.00. The number of amides is 3. The lowest BCUT2D eigenvalue weighted by molar-refractivity contribution is -0.127. The van der Waals surface area contributed by atoms with E-state index in [0.717, 1.165) is 4.90 Å². The van der Waals surface area contributed by atoms with Gasteiger partial charge in [0, 0.05) is 0 Å². The minimum atomic E-state index is -0.766. The molecule has 0 radical (unpaired) electrons. The predicted octanol–water partition coefficient (Wildman–Crippen LogP) is 1.68. The number of methoxy groups -OCH3 is 1. The van der Waals surface area contributed by atoms with Crippen molar-refractivity contribution in [1.29, 1.82) is 0 Å². The van der Waals surface area contributed by atoms with Crippen LogP contribution >= 0.6 is 27.7 Å². The van der Waals surface area contributed by atoms with Gasteiger partial charge in [-0.3, -0.25) is 19.3 Å². The van der Waals surface area contributed by atoms with Crippen molar-refractivity contribution in [3.63, 3.8) is 0 Å². The van der Waals surface area contributed by atoms with E-state index in [-0.39, 0.29) is 16.4 Å². The van der Waals surface area contributed by atoms with Crippen LogP contribution < -0.4 is 10.5 Å². The van der Waals surface area contributed by atoms with E-state index in [1.54, 1.807) is 6.07 Å². The summed E-state index contributed by atoms with van der Waals surface area (Å²) in [7, 11) is 1.39. The molecule has 0 unspecified atom stereocenters. The van der Waals surface area contributed by atoms with Crippen molar-refractivity contribution in [3.8, 4) is 11.5 Å². The first-order chi connectivity index (χ1) is 10.3. The Balaban J connectivity index is 2.34. The molecule has 1 heterocycles. The standard InChI is InChI=1S/C13H11BrN2O5S/c1-21-8-3-6(2-7(14)11(8)18)4-9-12(19)16(5-10(15)17)13(20)22-9/h2-4,18H,5H2,1H3,(H2,15,17)/b9-4-. The number of hydrogen-bond acceptors (Lipinski definition) is 6. The van der Waals surface area contributed by atoms with E-state index >= 15 is 0 Å². The van der Waals surface area contributed by atoms with Gasteiger partial charge in [0.15, 0.2) is 11.5 Å². The second-order valence-corrected chi connectivity index (χ2v) is 6.14. The minimum absolute atomic E-state index is 0.0681. The largest absolute Gasteiger partial charge is 0.503 e. The molecule has 2 rings (SSSR count). The fraction of sp³-hybridized carbons (Fsp3) is 0.154. The lowest BCUT2D eigenvalue weighted by Gasteiger charge is -2.09. The Morgan fingerprint density at radius 2 is 2.18 bits per heavy atom. The molecule has 0 spiro atoms. The van der Waals surface area contributed by atoms with Crippen LogP contribution in [0.1, 0.15) is 5.56 Å². The highest BCUT2D eigenvalue weighted by atomic mass is 79.9. The van der Waals surface area contributed by atoms with E-state index in [1.165, 1.54) is 19.3 Å². The van der Waals surface area contributed by atoms with Gasteiger partial charge in [-0.2, -0.15) is 0 Å².